The Morgan fingerprint density at radius 2 is 2.14 bits per heavy atom. The first kappa shape index (κ1) is 12.9. The average Bonchev–Trinajstić information content (AvgIpc) is 2.21. The maximum absolute atomic E-state index is 4.09. The van der Waals surface area contributed by atoms with E-state index in [2.05, 4.69) is 36.0 Å². The molecule has 0 aliphatic rings. The number of nitrogens with zero attached hydrogens (tertiary/aromatic N) is 1. The van der Waals surface area contributed by atoms with Crippen molar-refractivity contribution in [3.8, 4) is 0 Å². The van der Waals surface area contributed by atoms with E-state index in [9.17, 15) is 0 Å². The van der Waals surface area contributed by atoms with Crippen LogP contribution in [0.15, 0.2) is 29.5 Å². The quantitative estimate of drug-likeness (QED) is 0.358. The molecule has 0 saturated carbocycles. The van der Waals surface area contributed by atoms with Gasteiger partial charge in [0.15, 0.2) is 0 Å². The van der Waals surface area contributed by atoms with Crippen LogP contribution in [0.2, 0.25) is 0 Å². The predicted molar refractivity (Wildman–Crippen MR) is 64.6 cm³/mol. The summed E-state index contributed by atoms with van der Waals surface area (Å²) < 4.78 is 0. The van der Waals surface area contributed by atoms with E-state index >= 15 is 0 Å². The highest BCUT2D eigenvalue weighted by Gasteiger charge is 1.81. The second kappa shape index (κ2) is 10.0. The molecule has 0 rings (SSSR count). The number of aliphatic imine (C=N–C) groups is 1. The minimum absolute atomic E-state index is 0.712. The summed E-state index contributed by atoms with van der Waals surface area (Å²) in [6, 6.07) is 0. The van der Waals surface area contributed by atoms with Crippen LogP contribution in [0.25, 0.3) is 0 Å². The van der Waals surface area contributed by atoms with Crippen LogP contribution in [-0.2, 0) is 0 Å². The zero-order valence-electron chi connectivity index (χ0n) is 9.42. The third-order valence-electron chi connectivity index (χ3n) is 1.92. The molecule has 14 heavy (non-hydrogen) atoms. The normalized spacial score (nSPS) is 11.3. The summed E-state index contributed by atoms with van der Waals surface area (Å²) in [4.78, 5) is 4.09. The van der Waals surface area contributed by atoms with E-state index in [4.69, 9.17) is 0 Å². The maximum Gasteiger partial charge on any atom is 0.117 e. The molecule has 0 saturated heterocycles. The van der Waals surface area contributed by atoms with E-state index in [1.165, 1.54) is 25.7 Å². The Kier molecular flexibility index (Phi) is 9.28. The average molecular weight is 194 g/mol. The van der Waals surface area contributed by atoms with Crippen molar-refractivity contribution >= 4 is 6.21 Å². The second-order valence-corrected chi connectivity index (χ2v) is 3.21. The molecular formula is C12H22N2. The Hall–Kier alpha value is -1.05. The molecule has 0 heterocycles. The Labute approximate surface area is 87.8 Å². The molecule has 0 aromatic rings. The van der Waals surface area contributed by atoms with E-state index < -0.39 is 0 Å². The fourth-order valence-electron chi connectivity index (χ4n) is 1.01. The molecule has 0 aliphatic heterocycles. The van der Waals surface area contributed by atoms with Crippen LogP contribution in [0.4, 0.5) is 0 Å². The first-order valence-electron chi connectivity index (χ1n) is 5.35. The molecule has 0 bridgehead atoms. The number of unbranched alkanes of at least 4 members (excludes halogenated alkanes) is 3. The van der Waals surface area contributed by atoms with Gasteiger partial charge in [-0.25, -0.2) is 4.99 Å². The van der Waals surface area contributed by atoms with Gasteiger partial charge in [0.05, 0.1) is 0 Å². The lowest BCUT2D eigenvalue weighted by molar-refractivity contribution is 0.728. The highest BCUT2D eigenvalue weighted by Crippen LogP contribution is 1.99. The predicted octanol–water partition coefficient (Wildman–Crippen LogP) is 3.27. The molecular weight excluding hydrogens is 172 g/mol. The van der Waals surface area contributed by atoms with Gasteiger partial charge in [-0.2, -0.15) is 0 Å². The number of allylic oxidation sites excluding steroid dienone is 2. The molecule has 0 fully saturated rings. The van der Waals surface area contributed by atoms with Gasteiger partial charge in [-0.05, 0) is 12.8 Å². The number of hydrogen-bond acceptors (Lipinski definition) is 2. The highest BCUT2D eigenvalue weighted by molar-refractivity contribution is 5.60. The number of hydrogen-bond donors (Lipinski definition) is 1. The molecule has 80 valence electrons. The molecule has 0 aromatic heterocycles. The van der Waals surface area contributed by atoms with Crippen molar-refractivity contribution in [3.63, 3.8) is 0 Å². The smallest absolute Gasteiger partial charge is 0.117 e. The number of rotatable bonds is 8. The van der Waals surface area contributed by atoms with E-state index in [1.54, 1.807) is 0 Å². The van der Waals surface area contributed by atoms with Crippen LogP contribution in [-0.4, -0.2) is 13.3 Å². The van der Waals surface area contributed by atoms with Crippen LogP contribution >= 0.6 is 0 Å². The van der Waals surface area contributed by atoms with Crippen molar-refractivity contribution in [1.29, 1.82) is 0 Å². The lowest BCUT2D eigenvalue weighted by Gasteiger charge is -1.93. The SMILES string of the molecule is C=C(/N=C/C/C=C\CCCCC)NC. The first-order valence-corrected chi connectivity index (χ1v) is 5.35. The van der Waals surface area contributed by atoms with Gasteiger partial charge in [0, 0.05) is 19.7 Å². The third-order valence-corrected chi connectivity index (χ3v) is 1.92. The van der Waals surface area contributed by atoms with E-state index in [1.807, 2.05) is 13.3 Å². The summed E-state index contributed by atoms with van der Waals surface area (Å²) in [5, 5.41) is 2.87. The van der Waals surface area contributed by atoms with Crippen molar-refractivity contribution in [2.75, 3.05) is 7.05 Å². The van der Waals surface area contributed by atoms with Gasteiger partial charge in [0.1, 0.15) is 5.82 Å². The zero-order chi connectivity index (χ0) is 10.6. The van der Waals surface area contributed by atoms with Gasteiger partial charge in [-0.1, -0.05) is 38.5 Å². The lowest BCUT2D eigenvalue weighted by atomic mass is 10.2. The summed E-state index contributed by atoms with van der Waals surface area (Å²) >= 11 is 0. The summed E-state index contributed by atoms with van der Waals surface area (Å²) in [6.07, 6.45) is 12.3. The second-order valence-electron chi connectivity index (χ2n) is 3.21. The first-order chi connectivity index (χ1) is 6.81. The molecule has 0 aliphatic carbocycles. The molecule has 0 atom stereocenters. The lowest BCUT2D eigenvalue weighted by Crippen LogP contribution is -2.00. The molecule has 0 spiro atoms. The van der Waals surface area contributed by atoms with Crippen molar-refractivity contribution in [3.05, 3.63) is 24.6 Å². The standard InChI is InChI=1S/C12H22N2/c1-4-5-6-7-8-9-10-11-14-12(2)13-3/h8-9,11,13H,2,4-7,10H2,1,3H3/b9-8-,14-11+. The van der Waals surface area contributed by atoms with Crippen LogP contribution in [0, 0.1) is 0 Å². The maximum atomic E-state index is 4.09. The molecule has 0 radical (unpaired) electrons. The zero-order valence-corrected chi connectivity index (χ0v) is 9.42. The van der Waals surface area contributed by atoms with Crippen molar-refractivity contribution < 1.29 is 0 Å². The molecule has 0 unspecified atom stereocenters. The van der Waals surface area contributed by atoms with E-state index in [0.29, 0.717) is 5.82 Å². The van der Waals surface area contributed by atoms with Crippen LogP contribution in [0.3, 0.4) is 0 Å². The molecule has 0 amide bonds. The highest BCUT2D eigenvalue weighted by atomic mass is 15.0. The largest absolute Gasteiger partial charge is 0.374 e. The van der Waals surface area contributed by atoms with Gasteiger partial charge in [-0.15, -0.1) is 0 Å². The summed E-state index contributed by atoms with van der Waals surface area (Å²) in [6.45, 7) is 5.92. The van der Waals surface area contributed by atoms with Crippen molar-refractivity contribution in [2.24, 2.45) is 4.99 Å². The van der Waals surface area contributed by atoms with Crippen molar-refractivity contribution in [2.45, 2.75) is 39.0 Å². The Morgan fingerprint density at radius 3 is 2.79 bits per heavy atom. The van der Waals surface area contributed by atoms with Crippen LogP contribution < -0.4 is 5.32 Å². The summed E-state index contributed by atoms with van der Waals surface area (Å²) in [5.41, 5.74) is 0. The summed E-state index contributed by atoms with van der Waals surface area (Å²) in [5.74, 6) is 0.712. The summed E-state index contributed by atoms with van der Waals surface area (Å²) in [7, 11) is 1.82. The topological polar surface area (TPSA) is 24.4 Å². The van der Waals surface area contributed by atoms with E-state index in [-0.39, 0.29) is 0 Å². The van der Waals surface area contributed by atoms with Gasteiger partial charge >= 0.3 is 0 Å². The Balaban J connectivity index is 3.34. The van der Waals surface area contributed by atoms with Gasteiger partial charge in [-0.3, -0.25) is 0 Å². The van der Waals surface area contributed by atoms with Crippen LogP contribution in [0.5, 0.6) is 0 Å². The Morgan fingerprint density at radius 1 is 1.36 bits per heavy atom. The minimum Gasteiger partial charge on any atom is -0.374 e. The van der Waals surface area contributed by atoms with Crippen LogP contribution in [0.1, 0.15) is 39.0 Å². The monoisotopic (exact) mass is 194 g/mol. The van der Waals surface area contributed by atoms with Gasteiger partial charge < -0.3 is 5.32 Å². The Bertz CT molecular complexity index is 192. The molecule has 1 N–H and O–H groups in total. The molecule has 2 nitrogen and oxygen atoms in total. The van der Waals surface area contributed by atoms with Gasteiger partial charge in [0.25, 0.3) is 0 Å². The molecule has 2 heteroatoms. The molecule has 0 aromatic carbocycles. The fourth-order valence-corrected chi connectivity index (χ4v) is 1.01. The third kappa shape index (κ3) is 9.04. The van der Waals surface area contributed by atoms with E-state index in [0.717, 1.165) is 6.42 Å². The fraction of sp³-hybridized carbons (Fsp3) is 0.583. The number of nitrogens with one attached hydrogen (secondary N) is 1. The van der Waals surface area contributed by atoms with Gasteiger partial charge in [0.2, 0.25) is 0 Å². The van der Waals surface area contributed by atoms with Crippen molar-refractivity contribution in [1.82, 2.24) is 5.32 Å². The minimum atomic E-state index is 0.712.